The highest BCUT2D eigenvalue weighted by molar-refractivity contribution is 5.97. The van der Waals surface area contributed by atoms with Gasteiger partial charge in [-0.15, -0.1) is 0 Å². The van der Waals surface area contributed by atoms with Gasteiger partial charge < -0.3 is 20.4 Å². The van der Waals surface area contributed by atoms with Gasteiger partial charge in [0.25, 0.3) is 5.91 Å². The summed E-state index contributed by atoms with van der Waals surface area (Å²) in [5, 5.41) is 28.7. The van der Waals surface area contributed by atoms with Crippen molar-refractivity contribution in [2.75, 3.05) is 26.7 Å². The molecule has 0 aromatic heterocycles. The molecule has 112 valence electrons. The van der Waals surface area contributed by atoms with Gasteiger partial charge in [-0.1, -0.05) is 6.42 Å². The van der Waals surface area contributed by atoms with E-state index in [1.165, 1.54) is 6.20 Å². The first-order valence-corrected chi connectivity index (χ1v) is 6.44. The number of aliphatic hydroxyl groups is 1. The first-order chi connectivity index (χ1) is 9.51. The molecule has 1 amide bonds. The molecule has 0 aliphatic rings. The number of likely N-dealkylation sites (N-methyl/N-ethyl adjacent to an activating group) is 1. The Labute approximate surface area is 118 Å². The van der Waals surface area contributed by atoms with Crippen LogP contribution < -0.4 is 5.32 Å². The van der Waals surface area contributed by atoms with E-state index in [0.717, 1.165) is 0 Å². The van der Waals surface area contributed by atoms with Crippen molar-refractivity contribution in [3.8, 4) is 6.07 Å². The van der Waals surface area contributed by atoms with Crippen LogP contribution in [0.15, 0.2) is 11.8 Å². The quantitative estimate of drug-likeness (QED) is 0.297. The maximum atomic E-state index is 11.7. The molecule has 0 aliphatic carbocycles. The van der Waals surface area contributed by atoms with E-state index < -0.39 is 11.9 Å². The molecule has 0 saturated heterocycles. The van der Waals surface area contributed by atoms with Gasteiger partial charge >= 0.3 is 5.97 Å². The van der Waals surface area contributed by atoms with Gasteiger partial charge in [0.15, 0.2) is 0 Å². The van der Waals surface area contributed by atoms with Crippen molar-refractivity contribution in [1.29, 1.82) is 5.26 Å². The van der Waals surface area contributed by atoms with Gasteiger partial charge in [-0.05, 0) is 12.8 Å². The minimum Gasteiger partial charge on any atom is -0.481 e. The van der Waals surface area contributed by atoms with E-state index in [9.17, 15) is 9.59 Å². The summed E-state index contributed by atoms with van der Waals surface area (Å²) in [7, 11) is 1.66. The number of hydrogen-bond acceptors (Lipinski definition) is 5. The SMILES string of the molecule is CN(/C=C(/C#N)C(=O)NCCCCCC(=O)O)CCO. The van der Waals surface area contributed by atoms with Crippen LogP contribution in [0.25, 0.3) is 0 Å². The Hall–Kier alpha value is -2.07. The predicted octanol–water partition coefficient (Wildman–Crippen LogP) is 0.0792. The Bertz CT molecular complexity index is 388. The van der Waals surface area contributed by atoms with Crippen molar-refractivity contribution >= 4 is 11.9 Å². The fraction of sp³-hybridized carbons (Fsp3) is 0.615. The topological polar surface area (TPSA) is 114 Å². The molecule has 0 aromatic rings. The average Bonchev–Trinajstić information content (AvgIpc) is 2.39. The third kappa shape index (κ3) is 8.94. The number of amides is 1. The zero-order valence-corrected chi connectivity index (χ0v) is 11.6. The van der Waals surface area contributed by atoms with Crippen LogP contribution in [0, 0.1) is 11.3 Å². The number of hydrogen-bond donors (Lipinski definition) is 3. The number of aliphatic carboxylic acids is 1. The predicted molar refractivity (Wildman–Crippen MR) is 72.5 cm³/mol. The standard InChI is InChI=1S/C13H21N3O4/c1-16(7-8-17)10-11(9-14)13(20)15-6-4-2-3-5-12(18)19/h10,17H,2-8H2,1H3,(H,15,20)(H,18,19)/b11-10-. The van der Waals surface area contributed by atoms with E-state index in [1.54, 1.807) is 18.0 Å². The highest BCUT2D eigenvalue weighted by Gasteiger charge is 2.09. The zero-order chi connectivity index (χ0) is 15.4. The van der Waals surface area contributed by atoms with E-state index >= 15 is 0 Å². The molecule has 0 bridgehead atoms. The summed E-state index contributed by atoms with van der Waals surface area (Å²) in [5.74, 6) is -1.29. The summed E-state index contributed by atoms with van der Waals surface area (Å²) < 4.78 is 0. The van der Waals surface area contributed by atoms with Crippen LogP contribution >= 0.6 is 0 Å². The Balaban J connectivity index is 3.99. The molecule has 0 rings (SSSR count). The summed E-state index contributed by atoms with van der Waals surface area (Å²) in [6, 6.07) is 1.81. The third-order valence-corrected chi connectivity index (χ3v) is 2.52. The fourth-order valence-corrected chi connectivity index (χ4v) is 1.46. The molecule has 20 heavy (non-hydrogen) atoms. The molecule has 0 fully saturated rings. The molecule has 0 spiro atoms. The number of carbonyl (C=O) groups excluding carboxylic acids is 1. The summed E-state index contributed by atoms with van der Waals surface area (Å²) in [4.78, 5) is 23.5. The van der Waals surface area contributed by atoms with Crippen LogP contribution in [-0.4, -0.2) is 53.7 Å². The molecule has 7 heteroatoms. The van der Waals surface area contributed by atoms with Crippen LogP contribution in [0.3, 0.4) is 0 Å². The van der Waals surface area contributed by atoms with E-state index in [1.807, 2.05) is 0 Å². The largest absolute Gasteiger partial charge is 0.481 e. The summed E-state index contributed by atoms with van der Waals surface area (Å²) in [5.41, 5.74) is -0.0218. The van der Waals surface area contributed by atoms with Gasteiger partial charge in [-0.2, -0.15) is 5.26 Å². The summed E-state index contributed by atoms with van der Waals surface area (Å²) in [6.07, 6.45) is 3.47. The molecule has 0 aromatic carbocycles. The highest BCUT2D eigenvalue weighted by atomic mass is 16.4. The highest BCUT2D eigenvalue weighted by Crippen LogP contribution is 2.00. The molecule has 0 heterocycles. The van der Waals surface area contributed by atoms with Crippen molar-refractivity contribution in [1.82, 2.24) is 10.2 Å². The van der Waals surface area contributed by atoms with Gasteiger partial charge in [0.2, 0.25) is 0 Å². The van der Waals surface area contributed by atoms with Crippen LogP contribution in [0.1, 0.15) is 25.7 Å². The Morgan fingerprint density at radius 3 is 2.60 bits per heavy atom. The lowest BCUT2D eigenvalue weighted by Crippen LogP contribution is -2.27. The van der Waals surface area contributed by atoms with E-state index in [0.29, 0.717) is 32.4 Å². The molecular formula is C13H21N3O4. The minimum absolute atomic E-state index is 0.0218. The lowest BCUT2D eigenvalue weighted by Gasteiger charge is -2.12. The van der Waals surface area contributed by atoms with E-state index in [-0.39, 0.29) is 18.6 Å². The molecule has 3 N–H and O–H groups in total. The van der Waals surface area contributed by atoms with Crippen LogP contribution in [0.5, 0.6) is 0 Å². The Morgan fingerprint density at radius 1 is 1.35 bits per heavy atom. The van der Waals surface area contributed by atoms with Gasteiger partial charge in [-0.25, -0.2) is 0 Å². The Morgan fingerprint density at radius 2 is 2.05 bits per heavy atom. The number of nitrogens with zero attached hydrogens (tertiary/aromatic N) is 2. The number of nitriles is 1. The van der Waals surface area contributed by atoms with Crippen molar-refractivity contribution in [2.24, 2.45) is 0 Å². The van der Waals surface area contributed by atoms with Gasteiger partial charge in [-0.3, -0.25) is 9.59 Å². The summed E-state index contributed by atoms with van der Waals surface area (Å²) in [6.45, 7) is 0.686. The molecule has 7 nitrogen and oxygen atoms in total. The van der Waals surface area contributed by atoms with Gasteiger partial charge in [0.05, 0.1) is 6.61 Å². The number of carboxylic acids is 1. The summed E-state index contributed by atoms with van der Waals surface area (Å²) >= 11 is 0. The minimum atomic E-state index is -0.823. The fourth-order valence-electron chi connectivity index (χ4n) is 1.46. The second kappa shape index (κ2) is 10.8. The maximum Gasteiger partial charge on any atom is 0.303 e. The van der Waals surface area contributed by atoms with Gasteiger partial charge in [0.1, 0.15) is 11.6 Å². The number of unbranched alkanes of at least 4 members (excludes halogenated alkanes) is 2. The normalized spacial score (nSPS) is 10.8. The maximum absolute atomic E-state index is 11.7. The molecule has 0 unspecified atom stereocenters. The van der Waals surface area contributed by atoms with Crippen LogP contribution in [0.2, 0.25) is 0 Å². The molecule has 0 atom stereocenters. The van der Waals surface area contributed by atoms with Crippen molar-refractivity contribution in [3.63, 3.8) is 0 Å². The zero-order valence-electron chi connectivity index (χ0n) is 11.6. The number of carboxylic acid groups (broad SMARTS) is 1. The molecule has 0 aliphatic heterocycles. The lowest BCUT2D eigenvalue weighted by molar-refractivity contribution is -0.137. The third-order valence-electron chi connectivity index (χ3n) is 2.52. The average molecular weight is 283 g/mol. The van der Waals surface area contributed by atoms with Crippen LogP contribution in [0.4, 0.5) is 0 Å². The number of carbonyl (C=O) groups is 2. The van der Waals surface area contributed by atoms with Crippen molar-refractivity contribution < 1.29 is 19.8 Å². The van der Waals surface area contributed by atoms with Crippen molar-refractivity contribution in [3.05, 3.63) is 11.8 Å². The first-order valence-electron chi connectivity index (χ1n) is 6.44. The second-order valence-corrected chi connectivity index (χ2v) is 4.32. The number of rotatable bonds is 10. The monoisotopic (exact) mass is 283 g/mol. The molecular weight excluding hydrogens is 262 g/mol. The van der Waals surface area contributed by atoms with Gasteiger partial charge in [0, 0.05) is 32.8 Å². The number of aliphatic hydroxyl groups excluding tert-OH is 1. The second-order valence-electron chi connectivity index (χ2n) is 4.32. The van der Waals surface area contributed by atoms with E-state index in [4.69, 9.17) is 15.5 Å². The molecule has 0 saturated carbocycles. The first kappa shape index (κ1) is 17.9. The molecule has 0 radical (unpaired) electrons. The Kier molecular flexibility index (Phi) is 9.70. The lowest BCUT2D eigenvalue weighted by atomic mass is 10.2. The van der Waals surface area contributed by atoms with Crippen molar-refractivity contribution in [2.45, 2.75) is 25.7 Å². The van der Waals surface area contributed by atoms with E-state index in [2.05, 4.69) is 5.32 Å². The number of nitrogens with one attached hydrogen (secondary N) is 1. The smallest absolute Gasteiger partial charge is 0.303 e. The van der Waals surface area contributed by atoms with Crippen LogP contribution in [-0.2, 0) is 9.59 Å².